The maximum atomic E-state index is 12.0. The van der Waals surface area contributed by atoms with Gasteiger partial charge in [-0.05, 0) is 43.4 Å². The van der Waals surface area contributed by atoms with Crippen molar-refractivity contribution < 1.29 is 9.53 Å². The number of nitrogens with two attached hydrogens (primary N) is 1. The van der Waals surface area contributed by atoms with Gasteiger partial charge in [0.1, 0.15) is 0 Å². The molecule has 2 unspecified atom stereocenters. The van der Waals surface area contributed by atoms with Crippen LogP contribution < -0.4 is 11.1 Å². The van der Waals surface area contributed by atoms with E-state index < -0.39 is 0 Å². The molecule has 1 aromatic carbocycles. The van der Waals surface area contributed by atoms with Crippen LogP contribution in [0.5, 0.6) is 0 Å². The number of amides is 1. The summed E-state index contributed by atoms with van der Waals surface area (Å²) < 4.78 is 5.50. The molecule has 4 nitrogen and oxygen atoms in total. The lowest BCUT2D eigenvalue weighted by Gasteiger charge is -2.27. The summed E-state index contributed by atoms with van der Waals surface area (Å²) in [6, 6.07) is 7.44. The van der Waals surface area contributed by atoms with Crippen LogP contribution in [0.2, 0.25) is 0 Å². The minimum absolute atomic E-state index is 0.0114. The van der Waals surface area contributed by atoms with E-state index in [0.29, 0.717) is 24.1 Å². The molecule has 4 heteroatoms. The Bertz CT molecular complexity index is 417. The zero-order valence-electron chi connectivity index (χ0n) is 11.4. The molecule has 1 fully saturated rings. The van der Waals surface area contributed by atoms with Gasteiger partial charge in [-0.2, -0.15) is 0 Å². The SMILES string of the molecule is CC1CC(CNC(=O)c2ccc(CN)cc2)CCO1. The van der Waals surface area contributed by atoms with Crippen molar-refractivity contribution >= 4 is 5.91 Å². The van der Waals surface area contributed by atoms with E-state index in [-0.39, 0.29) is 5.91 Å². The Morgan fingerprint density at radius 3 is 2.79 bits per heavy atom. The molecule has 1 heterocycles. The second kappa shape index (κ2) is 6.68. The molecule has 104 valence electrons. The van der Waals surface area contributed by atoms with E-state index in [1.165, 1.54) is 0 Å². The molecule has 1 amide bonds. The third kappa shape index (κ3) is 4.04. The molecule has 19 heavy (non-hydrogen) atoms. The molecule has 1 aliphatic heterocycles. The molecule has 0 aromatic heterocycles. The molecular formula is C15H22N2O2. The normalized spacial score (nSPS) is 23.1. The van der Waals surface area contributed by atoms with Gasteiger partial charge in [0.2, 0.25) is 0 Å². The van der Waals surface area contributed by atoms with Gasteiger partial charge in [-0.25, -0.2) is 0 Å². The highest BCUT2D eigenvalue weighted by Gasteiger charge is 2.19. The first-order valence-electron chi connectivity index (χ1n) is 6.88. The quantitative estimate of drug-likeness (QED) is 0.868. The fraction of sp³-hybridized carbons (Fsp3) is 0.533. The Hall–Kier alpha value is -1.39. The van der Waals surface area contributed by atoms with Gasteiger partial charge in [0.25, 0.3) is 5.91 Å². The fourth-order valence-electron chi connectivity index (χ4n) is 2.41. The van der Waals surface area contributed by atoms with Gasteiger partial charge in [0.05, 0.1) is 6.10 Å². The molecule has 2 rings (SSSR count). The number of ether oxygens (including phenoxy) is 1. The van der Waals surface area contributed by atoms with Gasteiger partial charge in [-0.15, -0.1) is 0 Å². The number of nitrogens with one attached hydrogen (secondary N) is 1. The zero-order valence-corrected chi connectivity index (χ0v) is 11.4. The third-order valence-corrected chi connectivity index (χ3v) is 3.60. The van der Waals surface area contributed by atoms with Crippen LogP contribution in [0.15, 0.2) is 24.3 Å². The molecule has 0 aliphatic carbocycles. The third-order valence-electron chi connectivity index (χ3n) is 3.60. The Morgan fingerprint density at radius 2 is 2.16 bits per heavy atom. The molecule has 0 spiro atoms. The van der Waals surface area contributed by atoms with Crippen LogP contribution in [0.25, 0.3) is 0 Å². The lowest BCUT2D eigenvalue weighted by Crippen LogP contribution is -2.34. The van der Waals surface area contributed by atoms with E-state index in [0.717, 1.165) is 31.6 Å². The van der Waals surface area contributed by atoms with Crippen molar-refractivity contribution in [2.24, 2.45) is 11.7 Å². The molecule has 0 radical (unpaired) electrons. The van der Waals surface area contributed by atoms with E-state index in [9.17, 15) is 4.79 Å². The Labute approximate surface area is 114 Å². The molecular weight excluding hydrogens is 240 g/mol. The number of carbonyl (C=O) groups excluding carboxylic acids is 1. The van der Waals surface area contributed by atoms with E-state index >= 15 is 0 Å². The van der Waals surface area contributed by atoms with Gasteiger partial charge in [-0.1, -0.05) is 12.1 Å². The van der Waals surface area contributed by atoms with Crippen molar-refractivity contribution in [1.29, 1.82) is 0 Å². The van der Waals surface area contributed by atoms with Crippen molar-refractivity contribution in [2.75, 3.05) is 13.2 Å². The van der Waals surface area contributed by atoms with Gasteiger partial charge in [0, 0.05) is 25.3 Å². The Kier molecular flexibility index (Phi) is 4.93. The van der Waals surface area contributed by atoms with Crippen molar-refractivity contribution in [3.8, 4) is 0 Å². The highest BCUT2D eigenvalue weighted by Crippen LogP contribution is 2.19. The number of rotatable bonds is 4. The predicted octanol–water partition coefficient (Wildman–Crippen LogP) is 1.69. The first-order chi connectivity index (χ1) is 9.19. The van der Waals surface area contributed by atoms with Crippen LogP contribution >= 0.6 is 0 Å². The summed E-state index contributed by atoms with van der Waals surface area (Å²) in [5, 5.41) is 3.00. The topological polar surface area (TPSA) is 64.4 Å². The maximum absolute atomic E-state index is 12.0. The summed E-state index contributed by atoms with van der Waals surface area (Å²) in [5.41, 5.74) is 7.26. The standard InChI is InChI=1S/C15H22N2O2/c1-11-8-13(6-7-19-11)10-17-15(18)14-4-2-12(9-16)3-5-14/h2-5,11,13H,6-10,16H2,1H3,(H,17,18). The minimum Gasteiger partial charge on any atom is -0.378 e. The highest BCUT2D eigenvalue weighted by molar-refractivity contribution is 5.94. The summed E-state index contributed by atoms with van der Waals surface area (Å²) in [6.45, 7) is 4.11. The molecule has 0 bridgehead atoms. The second-order valence-corrected chi connectivity index (χ2v) is 5.18. The van der Waals surface area contributed by atoms with Crippen molar-refractivity contribution in [3.05, 3.63) is 35.4 Å². The average molecular weight is 262 g/mol. The lowest BCUT2D eigenvalue weighted by molar-refractivity contribution is 0.00302. The number of hydrogen-bond donors (Lipinski definition) is 2. The largest absolute Gasteiger partial charge is 0.378 e. The first kappa shape index (κ1) is 14.0. The maximum Gasteiger partial charge on any atom is 0.251 e. The average Bonchev–Trinajstić information content (AvgIpc) is 2.45. The van der Waals surface area contributed by atoms with Gasteiger partial charge >= 0.3 is 0 Å². The zero-order chi connectivity index (χ0) is 13.7. The molecule has 0 saturated carbocycles. The molecule has 1 aliphatic rings. The first-order valence-corrected chi connectivity index (χ1v) is 6.88. The molecule has 1 saturated heterocycles. The smallest absolute Gasteiger partial charge is 0.251 e. The summed E-state index contributed by atoms with van der Waals surface area (Å²) >= 11 is 0. The van der Waals surface area contributed by atoms with Crippen molar-refractivity contribution in [1.82, 2.24) is 5.32 Å². The summed E-state index contributed by atoms with van der Waals surface area (Å²) in [6.07, 6.45) is 2.35. The van der Waals surface area contributed by atoms with E-state index in [1.807, 2.05) is 24.3 Å². The lowest BCUT2D eigenvalue weighted by atomic mass is 9.96. The van der Waals surface area contributed by atoms with Crippen LogP contribution in [0.1, 0.15) is 35.7 Å². The summed E-state index contributed by atoms with van der Waals surface area (Å²) in [4.78, 5) is 12.0. The molecule has 1 aromatic rings. The number of hydrogen-bond acceptors (Lipinski definition) is 3. The van der Waals surface area contributed by atoms with Crippen LogP contribution in [0.3, 0.4) is 0 Å². The van der Waals surface area contributed by atoms with Crippen LogP contribution in [0.4, 0.5) is 0 Å². The summed E-state index contributed by atoms with van der Waals surface area (Å²) in [5.74, 6) is 0.513. The Morgan fingerprint density at radius 1 is 1.42 bits per heavy atom. The number of benzene rings is 1. The van der Waals surface area contributed by atoms with Crippen LogP contribution in [-0.2, 0) is 11.3 Å². The van der Waals surface area contributed by atoms with E-state index in [4.69, 9.17) is 10.5 Å². The molecule has 3 N–H and O–H groups in total. The van der Waals surface area contributed by atoms with Crippen LogP contribution in [0, 0.1) is 5.92 Å². The van der Waals surface area contributed by atoms with Gasteiger partial charge < -0.3 is 15.8 Å². The van der Waals surface area contributed by atoms with Crippen LogP contribution in [-0.4, -0.2) is 25.2 Å². The molecule has 2 atom stereocenters. The monoisotopic (exact) mass is 262 g/mol. The van der Waals surface area contributed by atoms with Crippen molar-refractivity contribution in [2.45, 2.75) is 32.4 Å². The second-order valence-electron chi connectivity index (χ2n) is 5.18. The van der Waals surface area contributed by atoms with E-state index in [2.05, 4.69) is 12.2 Å². The minimum atomic E-state index is -0.0114. The predicted molar refractivity (Wildman–Crippen MR) is 74.8 cm³/mol. The van der Waals surface area contributed by atoms with Gasteiger partial charge in [-0.3, -0.25) is 4.79 Å². The van der Waals surface area contributed by atoms with E-state index in [1.54, 1.807) is 0 Å². The fourth-order valence-corrected chi connectivity index (χ4v) is 2.41. The highest BCUT2D eigenvalue weighted by atomic mass is 16.5. The van der Waals surface area contributed by atoms with Gasteiger partial charge in [0.15, 0.2) is 0 Å². The number of carbonyl (C=O) groups is 1. The summed E-state index contributed by atoms with van der Waals surface area (Å²) in [7, 11) is 0. The van der Waals surface area contributed by atoms with Crippen molar-refractivity contribution in [3.63, 3.8) is 0 Å². The Balaban J connectivity index is 1.83.